The molecule has 1 amide bonds. The molecule has 3 rings (SSSR count). The van der Waals surface area contributed by atoms with Gasteiger partial charge in [-0.1, -0.05) is 18.2 Å². The van der Waals surface area contributed by atoms with Gasteiger partial charge in [-0.25, -0.2) is 0 Å². The van der Waals surface area contributed by atoms with Crippen LogP contribution in [0.25, 0.3) is 10.8 Å². The largest absolute Gasteiger partial charge is 0.504 e. The molecule has 11 nitrogen and oxygen atoms in total. The topological polar surface area (TPSA) is 183 Å². The molecule has 0 unspecified atom stereocenters. The van der Waals surface area contributed by atoms with E-state index in [1.54, 1.807) is 30.3 Å². The number of hydrogen-bond acceptors (Lipinski definition) is 8. The Balaban J connectivity index is 2.54. The molecule has 0 heterocycles. The number of azo groups is 1. The lowest BCUT2D eigenvalue weighted by Crippen LogP contribution is -2.09. The molecule has 3 aromatic rings. The van der Waals surface area contributed by atoms with Crippen LogP contribution in [0.1, 0.15) is 12.5 Å². The van der Waals surface area contributed by atoms with Gasteiger partial charge in [0.25, 0.3) is 20.2 Å². The molecule has 0 aliphatic rings. The van der Waals surface area contributed by atoms with Crippen molar-refractivity contribution < 1.29 is 35.8 Å². The van der Waals surface area contributed by atoms with Crippen molar-refractivity contribution in [2.24, 2.45) is 10.2 Å². The van der Waals surface area contributed by atoms with Crippen LogP contribution in [0.2, 0.25) is 0 Å². The quantitative estimate of drug-likeness (QED) is 0.315. The fourth-order valence-corrected chi connectivity index (χ4v) is 4.52. The molecule has 168 valence electrons. The Bertz CT molecular complexity index is 1480. The van der Waals surface area contributed by atoms with Gasteiger partial charge in [0.15, 0.2) is 5.75 Å². The Morgan fingerprint density at radius 1 is 0.969 bits per heavy atom. The van der Waals surface area contributed by atoms with Crippen LogP contribution in [-0.2, 0) is 25.0 Å². The number of fused-ring (bicyclic) bond motifs is 1. The van der Waals surface area contributed by atoms with E-state index >= 15 is 0 Å². The van der Waals surface area contributed by atoms with E-state index in [0.29, 0.717) is 5.69 Å². The number of nitrogens with zero attached hydrogens (tertiary/aromatic N) is 2. The Morgan fingerprint density at radius 2 is 1.59 bits per heavy atom. The molecule has 0 saturated heterocycles. The minimum atomic E-state index is -5.00. The average Bonchev–Trinajstić information content (AvgIpc) is 2.66. The fraction of sp³-hybridized carbons (Fsp3) is 0.105. The van der Waals surface area contributed by atoms with Crippen LogP contribution in [0.3, 0.4) is 0 Å². The molecular weight excluding hydrogens is 462 g/mol. The summed E-state index contributed by atoms with van der Waals surface area (Å²) in [5.41, 5.74) is -0.543. The molecule has 0 saturated carbocycles. The number of phenolic OH excluding ortho intramolecular Hbond substituents is 1. The zero-order valence-electron chi connectivity index (χ0n) is 16.6. The molecule has 3 aromatic carbocycles. The molecule has 0 aliphatic heterocycles. The average molecular weight is 479 g/mol. The van der Waals surface area contributed by atoms with Crippen molar-refractivity contribution in [2.45, 2.75) is 23.6 Å². The number of aromatic hydroxyl groups is 1. The maximum atomic E-state index is 12.0. The van der Waals surface area contributed by atoms with Crippen molar-refractivity contribution in [1.29, 1.82) is 0 Å². The summed E-state index contributed by atoms with van der Waals surface area (Å²) >= 11 is 0. The van der Waals surface area contributed by atoms with Gasteiger partial charge in [0, 0.05) is 12.3 Å². The highest BCUT2D eigenvalue weighted by Crippen LogP contribution is 2.47. The van der Waals surface area contributed by atoms with E-state index in [2.05, 4.69) is 15.5 Å². The first-order valence-corrected chi connectivity index (χ1v) is 11.7. The highest BCUT2D eigenvalue weighted by Gasteiger charge is 2.28. The number of hydrogen-bond donors (Lipinski definition) is 4. The van der Waals surface area contributed by atoms with Gasteiger partial charge in [0.05, 0.1) is 16.3 Å². The van der Waals surface area contributed by atoms with Gasteiger partial charge in [0.2, 0.25) is 5.91 Å². The summed E-state index contributed by atoms with van der Waals surface area (Å²) in [5, 5.41) is 20.7. The predicted molar refractivity (Wildman–Crippen MR) is 115 cm³/mol. The molecule has 4 N–H and O–H groups in total. The summed E-state index contributed by atoms with van der Waals surface area (Å²) in [5.74, 6) is -1.58. The molecule has 0 atom stereocenters. The zero-order valence-corrected chi connectivity index (χ0v) is 18.3. The SMILES string of the molecule is CC(=O)Nc1cc(S(=O)(=O)O)cc2c(C)c(S(=O)(=O)O)c(O)c(N=Nc3ccccc3)c12. The molecule has 0 spiro atoms. The van der Waals surface area contributed by atoms with E-state index < -0.39 is 47.4 Å². The summed E-state index contributed by atoms with van der Waals surface area (Å²) in [6.07, 6.45) is 0. The van der Waals surface area contributed by atoms with Crippen molar-refractivity contribution in [1.82, 2.24) is 0 Å². The van der Waals surface area contributed by atoms with Gasteiger partial charge in [-0.3, -0.25) is 13.9 Å². The fourth-order valence-electron chi connectivity index (χ4n) is 3.14. The first kappa shape index (κ1) is 23.3. The number of benzene rings is 3. The van der Waals surface area contributed by atoms with E-state index in [1.165, 1.54) is 6.92 Å². The number of amides is 1. The number of anilines is 1. The zero-order chi connectivity index (χ0) is 23.8. The second-order valence-corrected chi connectivity index (χ2v) is 9.49. The summed E-state index contributed by atoms with van der Waals surface area (Å²) in [7, 11) is -9.77. The lowest BCUT2D eigenvalue weighted by atomic mass is 10.0. The van der Waals surface area contributed by atoms with Crippen LogP contribution in [0, 0.1) is 6.92 Å². The van der Waals surface area contributed by atoms with Crippen molar-refractivity contribution >= 4 is 54.0 Å². The molecule has 0 fully saturated rings. The van der Waals surface area contributed by atoms with Crippen LogP contribution < -0.4 is 5.32 Å². The van der Waals surface area contributed by atoms with Gasteiger partial charge in [-0.2, -0.15) is 21.9 Å². The van der Waals surface area contributed by atoms with Gasteiger partial charge in [0.1, 0.15) is 10.6 Å². The summed E-state index contributed by atoms with van der Waals surface area (Å²) in [6.45, 7) is 2.34. The predicted octanol–water partition coefficient (Wildman–Crippen LogP) is 3.72. The lowest BCUT2D eigenvalue weighted by molar-refractivity contribution is -0.114. The Morgan fingerprint density at radius 3 is 2.12 bits per heavy atom. The minimum absolute atomic E-state index is 0.0605. The van der Waals surface area contributed by atoms with Gasteiger partial charge in [-0.05, 0) is 42.1 Å². The van der Waals surface area contributed by atoms with Gasteiger partial charge in [-0.15, -0.1) is 5.11 Å². The van der Waals surface area contributed by atoms with Crippen LogP contribution in [0.15, 0.2) is 62.5 Å². The first-order chi connectivity index (χ1) is 14.8. The van der Waals surface area contributed by atoms with E-state index in [4.69, 9.17) is 0 Å². The molecule has 0 aliphatic carbocycles. The Kier molecular flexibility index (Phi) is 6.02. The molecule has 32 heavy (non-hydrogen) atoms. The van der Waals surface area contributed by atoms with E-state index in [-0.39, 0.29) is 22.0 Å². The maximum absolute atomic E-state index is 12.0. The second-order valence-electron chi connectivity index (χ2n) is 6.71. The number of rotatable bonds is 5. The van der Waals surface area contributed by atoms with Crippen molar-refractivity contribution in [3.05, 3.63) is 48.0 Å². The van der Waals surface area contributed by atoms with Crippen LogP contribution in [-0.4, -0.2) is 37.0 Å². The van der Waals surface area contributed by atoms with Crippen LogP contribution >= 0.6 is 0 Å². The third-order valence-electron chi connectivity index (χ3n) is 4.42. The van der Waals surface area contributed by atoms with E-state index in [0.717, 1.165) is 19.1 Å². The number of carbonyl (C=O) groups excluding carboxylic acids is 1. The second kappa shape index (κ2) is 8.27. The number of phenols is 1. The number of nitrogens with one attached hydrogen (secondary N) is 1. The highest BCUT2D eigenvalue weighted by molar-refractivity contribution is 7.86. The standard InChI is InChI=1S/C19H17N3O8S2/c1-10-14-8-13(31(25,26)27)9-15(20-11(2)23)16(14)17(18(24)19(10)32(28,29)30)22-21-12-6-4-3-5-7-12/h3-9,24H,1-2H3,(H,20,23)(H,25,26,27)(H,28,29,30). The minimum Gasteiger partial charge on any atom is -0.504 e. The first-order valence-electron chi connectivity index (χ1n) is 8.83. The number of carbonyl (C=O) groups is 1. The lowest BCUT2D eigenvalue weighted by Gasteiger charge is -2.17. The summed E-state index contributed by atoms with van der Waals surface area (Å²) in [4.78, 5) is 10.1. The Labute approximate surface area is 182 Å². The Hall–Kier alpha value is -3.39. The summed E-state index contributed by atoms with van der Waals surface area (Å²) in [6, 6.07) is 10.0. The normalized spacial score (nSPS) is 12.4. The van der Waals surface area contributed by atoms with Gasteiger partial charge < -0.3 is 10.4 Å². The molecular formula is C19H17N3O8S2. The number of aryl methyl sites for hydroxylation is 1. The van der Waals surface area contributed by atoms with Crippen LogP contribution in [0.5, 0.6) is 5.75 Å². The van der Waals surface area contributed by atoms with Crippen molar-refractivity contribution in [2.75, 3.05) is 5.32 Å². The van der Waals surface area contributed by atoms with Crippen LogP contribution in [0.4, 0.5) is 17.1 Å². The molecule has 0 radical (unpaired) electrons. The maximum Gasteiger partial charge on any atom is 0.298 e. The van der Waals surface area contributed by atoms with Crippen molar-refractivity contribution in [3.8, 4) is 5.75 Å². The van der Waals surface area contributed by atoms with E-state index in [1.807, 2.05) is 0 Å². The third kappa shape index (κ3) is 4.60. The van der Waals surface area contributed by atoms with Gasteiger partial charge >= 0.3 is 0 Å². The monoisotopic (exact) mass is 479 g/mol. The smallest absolute Gasteiger partial charge is 0.298 e. The highest BCUT2D eigenvalue weighted by atomic mass is 32.2. The summed E-state index contributed by atoms with van der Waals surface area (Å²) < 4.78 is 66.6. The molecule has 0 aromatic heterocycles. The van der Waals surface area contributed by atoms with E-state index in [9.17, 15) is 35.8 Å². The molecule has 13 heteroatoms. The van der Waals surface area contributed by atoms with Crippen molar-refractivity contribution in [3.63, 3.8) is 0 Å². The third-order valence-corrected chi connectivity index (χ3v) is 6.27. The molecule has 0 bridgehead atoms.